The van der Waals surface area contributed by atoms with Gasteiger partial charge in [0.25, 0.3) is 6.71 Å². The first-order chi connectivity index (χ1) is 35.5. The van der Waals surface area contributed by atoms with Gasteiger partial charge < -0.3 is 19.1 Å². The van der Waals surface area contributed by atoms with E-state index in [4.69, 9.17) is 4.42 Å². The molecule has 0 amide bonds. The Balaban J connectivity index is 1.29. The number of nitrogens with zero attached hydrogens (tertiary/aromatic N) is 3. The molecule has 0 spiro atoms. The van der Waals surface area contributed by atoms with E-state index in [9.17, 15) is 0 Å². The van der Waals surface area contributed by atoms with Gasteiger partial charge in [-0.15, -0.1) is 0 Å². The van der Waals surface area contributed by atoms with Crippen LogP contribution in [0.3, 0.4) is 0 Å². The second-order valence-corrected chi connectivity index (χ2v) is 27.1. The molecule has 2 aliphatic carbocycles. The zero-order valence-corrected chi connectivity index (χ0v) is 47.2. The molecule has 7 aromatic carbocycles. The van der Waals surface area contributed by atoms with Crippen molar-refractivity contribution in [3.63, 3.8) is 0 Å². The van der Waals surface area contributed by atoms with E-state index in [0.29, 0.717) is 0 Å². The van der Waals surface area contributed by atoms with Gasteiger partial charge in [0.1, 0.15) is 5.76 Å². The molecule has 3 heterocycles. The highest BCUT2D eigenvalue weighted by Crippen LogP contribution is 2.59. The molecule has 0 atom stereocenters. The molecule has 0 radical (unpaired) electrons. The van der Waals surface area contributed by atoms with E-state index < -0.39 is 0 Å². The number of anilines is 9. The van der Waals surface area contributed by atoms with Gasteiger partial charge in [-0.25, -0.2) is 0 Å². The normalized spacial score (nSPS) is 17.6. The predicted molar refractivity (Wildman–Crippen MR) is 321 cm³/mol. The van der Waals surface area contributed by atoms with Crippen molar-refractivity contribution in [3.8, 4) is 11.1 Å². The molecule has 0 N–H and O–H groups in total. The van der Waals surface area contributed by atoms with Crippen LogP contribution in [0.2, 0.25) is 0 Å². The maximum Gasteiger partial charge on any atom is 0.297 e. The lowest BCUT2D eigenvalue weighted by atomic mass is 9.34. The highest BCUT2D eigenvalue weighted by atomic mass is 16.3. The van der Waals surface area contributed by atoms with E-state index in [1.54, 1.807) is 0 Å². The first kappa shape index (κ1) is 49.2. The van der Waals surface area contributed by atoms with Crippen molar-refractivity contribution in [2.24, 2.45) is 0 Å². The smallest absolute Gasteiger partial charge is 0.297 e. The van der Waals surface area contributed by atoms with Gasteiger partial charge >= 0.3 is 0 Å². The Bertz CT molecular complexity index is 3470. The van der Waals surface area contributed by atoms with Crippen LogP contribution >= 0.6 is 0 Å². The molecule has 0 saturated heterocycles. The molecule has 4 nitrogen and oxygen atoms in total. The third-order valence-corrected chi connectivity index (χ3v) is 17.9. The maximum atomic E-state index is 7.94. The lowest BCUT2D eigenvalue weighted by Crippen LogP contribution is -2.62. The number of furan rings is 1. The average Bonchev–Trinajstić information content (AvgIpc) is 3.88. The third-order valence-electron chi connectivity index (χ3n) is 17.9. The van der Waals surface area contributed by atoms with Crippen LogP contribution in [0.5, 0.6) is 0 Å². The number of rotatable bonds is 6. The standard InChI is InChI=1S/C70H76BN3O/c1-65(2,3)46-30-33-50(34-31-46)73-56-43-51(72(48-26-20-16-21-27-48)49-28-22-17-23-29-49)44-57-60(56)71(54-36-35-53-58(61(54)73)68(9,10)39-38-67(53,7)8)64-62(59-63(75-64)70(13,14)41-40-69(59,11)12)74(57)55-37-32-47(66(4,5)6)42-52(55)45-24-18-15-19-25-45/h15-37,42-44H,38-41H2,1-14H3. The second kappa shape index (κ2) is 16.9. The summed E-state index contributed by atoms with van der Waals surface area (Å²) in [6, 6.07) is 60.0. The van der Waals surface area contributed by atoms with Crippen molar-refractivity contribution in [2.75, 3.05) is 14.7 Å². The molecular weight excluding hydrogens is 910 g/mol. The van der Waals surface area contributed by atoms with Crippen molar-refractivity contribution in [1.29, 1.82) is 0 Å². The Morgan fingerprint density at radius 1 is 0.467 bits per heavy atom. The van der Waals surface area contributed by atoms with Crippen LogP contribution in [0.25, 0.3) is 11.1 Å². The molecule has 75 heavy (non-hydrogen) atoms. The molecule has 0 unspecified atom stereocenters. The summed E-state index contributed by atoms with van der Waals surface area (Å²) in [6.07, 6.45) is 4.35. The Hall–Kier alpha value is -6.72. The predicted octanol–water partition coefficient (Wildman–Crippen LogP) is 17.8. The minimum absolute atomic E-state index is 0.00455. The van der Waals surface area contributed by atoms with Crippen LogP contribution in [-0.2, 0) is 32.5 Å². The molecule has 0 fully saturated rings. The van der Waals surface area contributed by atoms with Crippen LogP contribution in [-0.4, -0.2) is 6.71 Å². The molecule has 12 rings (SSSR count). The molecule has 4 aliphatic rings. The van der Waals surface area contributed by atoms with Gasteiger partial charge in [0.05, 0.1) is 22.7 Å². The van der Waals surface area contributed by atoms with Crippen LogP contribution in [0.1, 0.15) is 156 Å². The summed E-state index contributed by atoms with van der Waals surface area (Å²) in [6.45, 7) is 33.5. The zero-order valence-electron chi connectivity index (χ0n) is 47.2. The third kappa shape index (κ3) is 7.84. The molecular formula is C70H76BN3O. The van der Waals surface area contributed by atoms with Gasteiger partial charge in [0.15, 0.2) is 0 Å². The lowest BCUT2D eigenvalue weighted by Gasteiger charge is -2.49. The molecule has 380 valence electrons. The number of para-hydroxylation sites is 2. The van der Waals surface area contributed by atoms with Crippen molar-refractivity contribution in [2.45, 2.75) is 155 Å². The number of fused-ring (bicyclic) bond motifs is 8. The topological polar surface area (TPSA) is 22.9 Å². The van der Waals surface area contributed by atoms with Gasteiger partial charge in [-0.1, -0.05) is 194 Å². The van der Waals surface area contributed by atoms with E-state index in [0.717, 1.165) is 59.9 Å². The van der Waals surface area contributed by atoms with Gasteiger partial charge in [-0.05, 0) is 152 Å². The summed E-state index contributed by atoms with van der Waals surface area (Å²) in [5, 5.41) is 0. The summed E-state index contributed by atoms with van der Waals surface area (Å²) >= 11 is 0. The summed E-state index contributed by atoms with van der Waals surface area (Å²) in [5.41, 5.74) is 22.9. The van der Waals surface area contributed by atoms with Gasteiger partial charge in [0, 0.05) is 50.7 Å². The Kier molecular flexibility index (Phi) is 11.1. The van der Waals surface area contributed by atoms with Crippen LogP contribution < -0.4 is 31.3 Å². The van der Waals surface area contributed by atoms with E-state index in [1.807, 2.05) is 0 Å². The monoisotopic (exact) mass is 986 g/mol. The van der Waals surface area contributed by atoms with Crippen molar-refractivity contribution < 1.29 is 4.42 Å². The maximum absolute atomic E-state index is 7.94. The van der Waals surface area contributed by atoms with Crippen LogP contribution in [0.15, 0.2) is 162 Å². The Labute approximate surface area is 448 Å². The Morgan fingerprint density at radius 2 is 0.987 bits per heavy atom. The van der Waals surface area contributed by atoms with Crippen molar-refractivity contribution in [1.82, 2.24) is 0 Å². The molecule has 1 aromatic heterocycles. The van der Waals surface area contributed by atoms with Crippen LogP contribution in [0.4, 0.5) is 51.2 Å². The molecule has 2 aliphatic heterocycles. The minimum atomic E-state index is -0.185. The molecule has 0 bridgehead atoms. The number of hydrogen-bond acceptors (Lipinski definition) is 4. The fourth-order valence-electron chi connectivity index (χ4n) is 13.4. The SMILES string of the molecule is CC(C)(C)c1ccc(N2c3cc(N(c4ccccc4)c4ccccc4)cc4c3B(c3ccc5c(c32)C(C)(C)CCC5(C)C)c2oc3c(c2N4c2ccc(C(C)(C)C)cc2-c2ccccc2)C(C)(C)CCC3(C)C)cc1. The molecule has 0 saturated carbocycles. The first-order valence-corrected chi connectivity index (χ1v) is 27.8. The Morgan fingerprint density at radius 3 is 1.57 bits per heavy atom. The van der Waals surface area contributed by atoms with Crippen LogP contribution in [0, 0.1) is 0 Å². The second-order valence-electron chi connectivity index (χ2n) is 27.1. The van der Waals surface area contributed by atoms with Crippen molar-refractivity contribution >= 4 is 74.5 Å². The van der Waals surface area contributed by atoms with E-state index in [-0.39, 0.29) is 39.2 Å². The van der Waals surface area contributed by atoms with E-state index in [2.05, 4.69) is 269 Å². The fraction of sp³-hybridized carbons (Fsp3) is 0.343. The highest BCUT2D eigenvalue weighted by molar-refractivity contribution is 6.99. The van der Waals surface area contributed by atoms with E-state index in [1.165, 1.54) is 78.3 Å². The van der Waals surface area contributed by atoms with Gasteiger partial charge in [-0.3, -0.25) is 0 Å². The van der Waals surface area contributed by atoms with E-state index >= 15 is 0 Å². The quantitative estimate of drug-likeness (QED) is 0.155. The number of benzene rings is 7. The summed E-state index contributed by atoms with van der Waals surface area (Å²) in [4.78, 5) is 7.85. The number of hydrogen-bond donors (Lipinski definition) is 0. The summed E-state index contributed by atoms with van der Waals surface area (Å²) in [7, 11) is 0. The minimum Gasteiger partial charge on any atom is -0.472 e. The van der Waals surface area contributed by atoms with Crippen molar-refractivity contribution in [3.05, 3.63) is 191 Å². The fourth-order valence-corrected chi connectivity index (χ4v) is 13.4. The van der Waals surface area contributed by atoms with Gasteiger partial charge in [-0.2, -0.15) is 0 Å². The average molecular weight is 986 g/mol. The zero-order chi connectivity index (χ0) is 52.8. The lowest BCUT2D eigenvalue weighted by molar-refractivity contribution is 0.282. The van der Waals surface area contributed by atoms with Gasteiger partial charge in [0.2, 0.25) is 0 Å². The molecule has 8 aromatic rings. The highest BCUT2D eigenvalue weighted by Gasteiger charge is 2.54. The summed E-state index contributed by atoms with van der Waals surface area (Å²) < 4.78 is 7.94. The largest absolute Gasteiger partial charge is 0.472 e. The molecule has 5 heteroatoms. The summed E-state index contributed by atoms with van der Waals surface area (Å²) in [5.74, 6) is 1.13. The first-order valence-electron chi connectivity index (χ1n) is 27.8.